The Kier molecular flexibility index (Phi) is 6.84. The van der Waals surface area contributed by atoms with Crippen LogP contribution in [-0.4, -0.2) is 55.4 Å². The molecule has 0 unspecified atom stereocenters. The number of carbonyl (C=O) groups is 1. The van der Waals surface area contributed by atoms with E-state index in [9.17, 15) is 4.79 Å². The van der Waals surface area contributed by atoms with Gasteiger partial charge in [-0.1, -0.05) is 0 Å². The number of anilines is 1. The number of carbonyl (C=O) groups excluding carboxylic acids is 1. The Balaban J connectivity index is 0.00000208. The summed E-state index contributed by atoms with van der Waals surface area (Å²) in [6.07, 6.45) is 5.57. The number of hydrogen-bond donors (Lipinski definition) is 3. The van der Waals surface area contributed by atoms with E-state index in [4.69, 9.17) is 9.47 Å². The molecule has 1 aliphatic rings. The zero-order valence-corrected chi connectivity index (χ0v) is 14.4. The van der Waals surface area contributed by atoms with Crippen molar-refractivity contribution in [3.05, 3.63) is 24.0 Å². The van der Waals surface area contributed by atoms with Crippen LogP contribution in [0.3, 0.4) is 0 Å². The summed E-state index contributed by atoms with van der Waals surface area (Å²) in [7, 11) is 1.57. The highest BCUT2D eigenvalue weighted by Crippen LogP contribution is 2.27. The van der Waals surface area contributed by atoms with Gasteiger partial charge >= 0.3 is 5.97 Å². The molecule has 132 valence electrons. The van der Waals surface area contributed by atoms with Gasteiger partial charge in [-0.3, -0.25) is 0 Å². The largest absolute Gasteiger partial charge is 0.460 e. The van der Waals surface area contributed by atoms with Gasteiger partial charge in [0.2, 0.25) is 0 Å². The van der Waals surface area contributed by atoms with Gasteiger partial charge in [-0.25, -0.2) is 9.78 Å². The van der Waals surface area contributed by atoms with Crippen molar-refractivity contribution in [2.24, 2.45) is 0 Å². The van der Waals surface area contributed by atoms with Crippen LogP contribution in [0.15, 0.2) is 18.5 Å². The quantitative estimate of drug-likeness (QED) is 0.543. The van der Waals surface area contributed by atoms with Gasteiger partial charge in [-0.2, -0.15) is 0 Å². The lowest BCUT2D eigenvalue weighted by atomic mass is 10.1. The van der Waals surface area contributed by atoms with Crippen molar-refractivity contribution in [3.8, 4) is 0 Å². The predicted octanol–water partition coefficient (Wildman–Crippen LogP) is 1.95. The summed E-state index contributed by atoms with van der Waals surface area (Å²) >= 11 is 0. The molecule has 2 aromatic heterocycles. The molecule has 3 rings (SSSR count). The third-order valence-electron chi connectivity index (χ3n) is 3.97. The van der Waals surface area contributed by atoms with Crippen LogP contribution in [0.2, 0.25) is 0 Å². The number of aromatic amines is 1. The first kappa shape index (κ1) is 18.5. The highest BCUT2D eigenvalue weighted by molar-refractivity contribution is 6.04. The first-order valence-electron chi connectivity index (χ1n) is 7.89. The minimum Gasteiger partial charge on any atom is -0.460 e. The summed E-state index contributed by atoms with van der Waals surface area (Å²) in [5.41, 5.74) is 2.00. The maximum atomic E-state index is 12.4. The minimum atomic E-state index is -0.385. The van der Waals surface area contributed by atoms with Crippen LogP contribution in [-0.2, 0) is 9.47 Å². The van der Waals surface area contributed by atoms with Crippen molar-refractivity contribution in [1.82, 2.24) is 15.3 Å². The molecular formula is C16H23ClN4O3. The van der Waals surface area contributed by atoms with E-state index >= 15 is 0 Å². The summed E-state index contributed by atoms with van der Waals surface area (Å²) in [6.45, 7) is 2.53. The molecule has 0 bridgehead atoms. The van der Waals surface area contributed by atoms with E-state index in [1.165, 1.54) is 0 Å². The molecule has 1 aliphatic heterocycles. The van der Waals surface area contributed by atoms with Gasteiger partial charge in [-0.15, -0.1) is 12.4 Å². The number of nitrogens with zero attached hydrogens (tertiary/aromatic N) is 1. The fourth-order valence-electron chi connectivity index (χ4n) is 2.79. The normalized spacial score (nSPS) is 17.3. The Labute approximate surface area is 146 Å². The van der Waals surface area contributed by atoms with Crippen LogP contribution < -0.4 is 10.6 Å². The minimum absolute atomic E-state index is 0. The molecule has 1 fully saturated rings. The molecule has 0 spiro atoms. The lowest BCUT2D eigenvalue weighted by Gasteiger charge is -2.26. The van der Waals surface area contributed by atoms with E-state index in [1.54, 1.807) is 13.3 Å². The Morgan fingerprint density at radius 3 is 3.08 bits per heavy atom. The maximum absolute atomic E-state index is 12.4. The lowest BCUT2D eigenvalue weighted by molar-refractivity contribution is 0.0389. The number of methoxy groups -OCH3 is 1. The van der Waals surface area contributed by atoms with Crippen LogP contribution >= 0.6 is 12.4 Å². The number of H-pyrrole nitrogens is 1. The summed E-state index contributed by atoms with van der Waals surface area (Å²) in [6, 6.07) is 2.21. The van der Waals surface area contributed by atoms with Crippen LogP contribution in [0.4, 0.5) is 5.69 Å². The monoisotopic (exact) mass is 354 g/mol. The fraction of sp³-hybridized carbons (Fsp3) is 0.500. The number of ether oxygens (including phenoxy) is 2. The van der Waals surface area contributed by atoms with Gasteiger partial charge in [0, 0.05) is 37.5 Å². The first-order chi connectivity index (χ1) is 11.3. The third-order valence-corrected chi connectivity index (χ3v) is 3.97. The number of hydrogen-bond acceptors (Lipinski definition) is 6. The van der Waals surface area contributed by atoms with Crippen LogP contribution in [0.1, 0.15) is 23.2 Å². The van der Waals surface area contributed by atoms with E-state index in [-0.39, 0.29) is 31.0 Å². The number of nitrogens with one attached hydrogen (secondary N) is 3. The van der Waals surface area contributed by atoms with E-state index < -0.39 is 0 Å². The van der Waals surface area contributed by atoms with Crippen molar-refractivity contribution in [1.29, 1.82) is 0 Å². The summed E-state index contributed by atoms with van der Waals surface area (Å²) < 4.78 is 10.2. The van der Waals surface area contributed by atoms with Crippen molar-refractivity contribution < 1.29 is 14.3 Å². The van der Waals surface area contributed by atoms with E-state index in [1.807, 2.05) is 12.3 Å². The highest BCUT2D eigenvalue weighted by Gasteiger charge is 2.21. The van der Waals surface area contributed by atoms with Crippen LogP contribution in [0.5, 0.6) is 0 Å². The van der Waals surface area contributed by atoms with Crippen molar-refractivity contribution in [2.45, 2.75) is 18.9 Å². The molecular weight excluding hydrogens is 332 g/mol. The molecule has 7 nitrogen and oxygen atoms in total. The van der Waals surface area contributed by atoms with Crippen LogP contribution in [0.25, 0.3) is 11.0 Å². The second-order valence-corrected chi connectivity index (χ2v) is 5.60. The summed E-state index contributed by atoms with van der Waals surface area (Å²) in [4.78, 5) is 19.7. The third kappa shape index (κ3) is 4.17. The van der Waals surface area contributed by atoms with Crippen molar-refractivity contribution in [2.75, 3.05) is 38.7 Å². The SMILES string of the molecule is COCCOC(=O)c1cnc2[nH]ccc2c1N[C@@H]1CCCNC1.Cl. The van der Waals surface area contributed by atoms with E-state index in [0.29, 0.717) is 12.2 Å². The zero-order chi connectivity index (χ0) is 16.1. The number of esters is 1. The number of aromatic nitrogens is 2. The zero-order valence-electron chi connectivity index (χ0n) is 13.6. The number of pyridine rings is 1. The van der Waals surface area contributed by atoms with E-state index in [2.05, 4.69) is 20.6 Å². The molecule has 0 amide bonds. The lowest BCUT2D eigenvalue weighted by Crippen LogP contribution is -2.38. The van der Waals surface area contributed by atoms with E-state index in [0.717, 1.165) is 42.7 Å². The van der Waals surface area contributed by atoms with Gasteiger partial charge in [0.25, 0.3) is 0 Å². The van der Waals surface area contributed by atoms with Gasteiger partial charge in [0.1, 0.15) is 17.8 Å². The Morgan fingerprint density at radius 1 is 1.46 bits per heavy atom. The second-order valence-electron chi connectivity index (χ2n) is 5.60. The summed E-state index contributed by atoms with van der Waals surface area (Å²) in [5.74, 6) is -0.385. The molecule has 2 aromatic rings. The topological polar surface area (TPSA) is 88.3 Å². The van der Waals surface area contributed by atoms with Crippen molar-refractivity contribution >= 4 is 35.1 Å². The average molecular weight is 355 g/mol. The molecule has 0 radical (unpaired) electrons. The van der Waals surface area contributed by atoms with Gasteiger partial charge in [0.15, 0.2) is 0 Å². The molecule has 0 aliphatic carbocycles. The fourth-order valence-corrected chi connectivity index (χ4v) is 2.79. The predicted molar refractivity (Wildman–Crippen MR) is 95.0 cm³/mol. The number of fused-ring (bicyclic) bond motifs is 1. The van der Waals surface area contributed by atoms with Crippen molar-refractivity contribution in [3.63, 3.8) is 0 Å². The Bertz CT molecular complexity index is 670. The average Bonchev–Trinajstić information content (AvgIpc) is 3.05. The molecule has 0 saturated carbocycles. The Hall–Kier alpha value is -1.83. The summed E-state index contributed by atoms with van der Waals surface area (Å²) in [5, 5.41) is 7.76. The number of piperidine rings is 1. The molecule has 1 saturated heterocycles. The molecule has 3 heterocycles. The Morgan fingerprint density at radius 2 is 2.33 bits per heavy atom. The maximum Gasteiger partial charge on any atom is 0.341 e. The van der Waals surface area contributed by atoms with Gasteiger partial charge in [0.05, 0.1) is 12.3 Å². The van der Waals surface area contributed by atoms with Crippen LogP contribution in [0, 0.1) is 0 Å². The molecule has 24 heavy (non-hydrogen) atoms. The first-order valence-corrected chi connectivity index (χ1v) is 7.89. The molecule has 1 atom stereocenters. The highest BCUT2D eigenvalue weighted by atomic mass is 35.5. The molecule has 0 aromatic carbocycles. The number of rotatable bonds is 6. The van der Waals surface area contributed by atoms with Gasteiger partial charge < -0.3 is 25.1 Å². The van der Waals surface area contributed by atoms with Gasteiger partial charge in [-0.05, 0) is 25.5 Å². The molecule has 8 heteroatoms. The number of halogens is 1. The smallest absolute Gasteiger partial charge is 0.341 e. The standard InChI is InChI=1S/C16H22N4O3.ClH/c1-22-7-8-23-16(21)13-10-19-15-12(4-6-18-15)14(13)20-11-3-2-5-17-9-11;/h4,6,10-11,17H,2-3,5,7-9H2,1H3,(H2,18,19,20);1H/t11-;/m1./s1. The second kappa shape index (κ2) is 8.86. The molecule has 3 N–H and O–H groups in total.